The first-order chi connectivity index (χ1) is 25.5. The Morgan fingerprint density at radius 3 is 1.02 bits per heavy atom. The average Bonchev–Trinajstić information content (AvgIpc) is 4.02. The van der Waals surface area contributed by atoms with E-state index in [9.17, 15) is 0 Å². The number of fused-ring (bicyclic) bond motifs is 8. The van der Waals surface area contributed by atoms with Crippen molar-refractivity contribution in [2.45, 2.75) is 13.8 Å². The predicted octanol–water partition coefficient (Wildman–Crippen LogP) is 6.90. The Kier molecular flexibility index (Phi) is 7.60. The Morgan fingerprint density at radius 1 is 0.346 bits per heavy atom. The first kappa shape index (κ1) is 31.1. The molecular formula is C48H36N4. The number of rotatable bonds is 4. The van der Waals surface area contributed by atoms with Crippen LogP contribution in [-0.4, -0.2) is 19.9 Å². The van der Waals surface area contributed by atoms with Gasteiger partial charge >= 0.3 is 0 Å². The van der Waals surface area contributed by atoms with Crippen LogP contribution in [-0.2, 0) is 0 Å². The van der Waals surface area contributed by atoms with Gasteiger partial charge in [-0.2, -0.15) is 0 Å². The third-order valence-electron chi connectivity index (χ3n) is 9.98. The normalized spacial score (nSPS) is 12.6. The second kappa shape index (κ2) is 12.7. The largest absolute Gasteiger partial charge is 0.354 e. The van der Waals surface area contributed by atoms with Crippen LogP contribution in [0, 0.1) is 26.2 Å². The van der Waals surface area contributed by atoms with Crippen LogP contribution in [0.5, 0.6) is 0 Å². The number of aromatic nitrogens is 4. The summed E-state index contributed by atoms with van der Waals surface area (Å²) >= 11 is 0. The van der Waals surface area contributed by atoms with E-state index in [-0.39, 0.29) is 0 Å². The van der Waals surface area contributed by atoms with Crippen molar-refractivity contribution in [2.75, 3.05) is 0 Å². The SMILES string of the molecule is C#Cc1ccc(C2=c3ccc([nH]3)=C(c3ccccc3)c3ccc([nH]3)C(c3ccc(C)cc3)=c3ccc([nH]3)=C(c3ccc(C)cc3)c3ccc2[nH]3)cc1. The standard InChI is InChI=1S/C48H36N4/c1-4-32-14-20-36(21-15-32)48-43-25-23-38(50-43)45(33-8-6-5-7-9-33)37-22-24-39(49-37)46(34-16-10-30(2)11-17-34)40-26-27-41(51-40)47(42-28-29-44(48)52-42)35-18-12-31(3)13-19-35/h1,5-29,49-52H,2-3H3. The van der Waals surface area contributed by atoms with Gasteiger partial charge in [-0.1, -0.05) is 108 Å². The van der Waals surface area contributed by atoms with Gasteiger partial charge < -0.3 is 19.9 Å². The maximum atomic E-state index is 5.76. The van der Waals surface area contributed by atoms with Crippen LogP contribution in [0.15, 0.2) is 152 Å². The first-order valence-corrected chi connectivity index (χ1v) is 17.6. The third kappa shape index (κ3) is 5.55. The molecule has 0 atom stereocenters. The van der Waals surface area contributed by atoms with Crippen molar-refractivity contribution < 1.29 is 0 Å². The molecule has 8 aromatic rings. The highest BCUT2D eigenvalue weighted by Gasteiger charge is 2.18. The fourth-order valence-electron chi connectivity index (χ4n) is 7.35. The quantitative estimate of drug-likeness (QED) is 0.148. The van der Waals surface area contributed by atoms with E-state index in [4.69, 9.17) is 6.42 Å². The average molecular weight is 669 g/mol. The van der Waals surface area contributed by atoms with E-state index in [1.54, 1.807) is 0 Å². The van der Waals surface area contributed by atoms with Crippen molar-refractivity contribution in [3.05, 3.63) is 235 Å². The van der Waals surface area contributed by atoms with Crippen LogP contribution in [0.4, 0.5) is 0 Å². The van der Waals surface area contributed by atoms with Gasteiger partial charge in [-0.3, -0.25) is 0 Å². The lowest BCUT2D eigenvalue weighted by atomic mass is 10.0. The Labute approximate surface area is 302 Å². The highest BCUT2D eigenvalue weighted by molar-refractivity contribution is 5.84. The molecule has 4 N–H and O–H groups in total. The van der Waals surface area contributed by atoms with Crippen LogP contribution < -0.4 is 21.4 Å². The molecule has 1 aliphatic heterocycles. The number of nitrogens with one attached hydrogen (secondary N) is 4. The molecule has 0 unspecified atom stereocenters. The molecule has 4 heteroatoms. The minimum Gasteiger partial charge on any atom is -0.354 e. The summed E-state index contributed by atoms with van der Waals surface area (Å²) in [6.07, 6.45) is 5.76. The van der Waals surface area contributed by atoms with Gasteiger partial charge in [0, 0.05) is 72.0 Å². The molecule has 0 saturated carbocycles. The fourth-order valence-corrected chi connectivity index (χ4v) is 7.35. The number of benzene rings is 4. The van der Waals surface area contributed by atoms with Gasteiger partial charge in [0.2, 0.25) is 0 Å². The van der Waals surface area contributed by atoms with Gasteiger partial charge in [0.25, 0.3) is 0 Å². The number of aryl methyl sites for hydroxylation is 2. The van der Waals surface area contributed by atoms with E-state index in [1.807, 2.05) is 12.1 Å². The molecular weight excluding hydrogens is 633 g/mol. The summed E-state index contributed by atoms with van der Waals surface area (Å²) in [6.45, 7) is 4.25. The van der Waals surface area contributed by atoms with Gasteiger partial charge in [0.05, 0.1) is 0 Å². The summed E-state index contributed by atoms with van der Waals surface area (Å²) in [7, 11) is 0. The van der Waals surface area contributed by atoms with Crippen LogP contribution >= 0.6 is 0 Å². The number of aromatic amines is 4. The van der Waals surface area contributed by atoms with Crippen LogP contribution in [0.3, 0.4) is 0 Å². The number of hydrogen-bond acceptors (Lipinski definition) is 0. The van der Waals surface area contributed by atoms with Crippen molar-refractivity contribution in [1.29, 1.82) is 0 Å². The lowest BCUT2D eigenvalue weighted by molar-refractivity contribution is 1.19. The van der Waals surface area contributed by atoms with Crippen LogP contribution in [0.2, 0.25) is 0 Å². The van der Waals surface area contributed by atoms with E-state index >= 15 is 0 Å². The molecule has 0 spiro atoms. The van der Waals surface area contributed by atoms with Crippen molar-refractivity contribution in [3.63, 3.8) is 0 Å². The molecule has 1 aliphatic rings. The Hall–Kier alpha value is -6.96. The summed E-state index contributed by atoms with van der Waals surface area (Å²) in [4.78, 5) is 15.4. The molecule has 8 bridgehead atoms. The lowest BCUT2D eigenvalue weighted by Gasteiger charge is -2.10. The van der Waals surface area contributed by atoms with E-state index < -0.39 is 0 Å². The van der Waals surface area contributed by atoms with E-state index in [0.717, 1.165) is 94.3 Å². The summed E-state index contributed by atoms with van der Waals surface area (Å²) in [6, 6.07) is 53.8. The van der Waals surface area contributed by atoms with Gasteiger partial charge in [0.15, 0.2) is 0 Å². The van der Waals surface area contributed by atoms with E-state index in [1.165, 1.54) is 11.1 Å². The van der Waals surface area contributed by atoms with E-state index in [0.29, 0.717) is 0 Å². The lowest BCUT2D eigenvalue weighted by Crippen LogP contribution is -2.19. The molecule has 4 aromatic carbocycles. The zero-order valence-electron chi connectivity index (χ0n) is 29.0. The molecule has 0 fully saturated rings. The summed E-state index contributed by atoms with van der Waals surface area (Å²) < 4.78 is 0. The van der Waals surface area contributed by atoms with Gasteiger partial charge in [-0.05, 0) is 96.8 Å². The highest BCUT2D eigenvalue weighted by Crippen LogP contribution is 2.28. The minimum absolute atomic E-state index is 0.846. The van der Waals surface area contributed by atoms with Crippen molar-refractivity contribution >= 4 is 22.3 Å². The Morgan fingerprint density at radius 2 is 0.673 bits per heavy atom. The molecule has 248 valence electrons. The molecule has 0 radical (unpaired) electrons. The summed E-state index contributed by atoms with van der Waals surface area (Å²) in [5, 5.41) is 4.06. The molecule has 4 aromatic heterocycles. The molecule has 0 aliphatic carbocycles. The molecule has 9 rings (SSSR count). The summed E-state index contributed by atoms with van der Waals surface area (Å²) in [5.41, 5.74) is 16.1. The molecule has 5 heterocycles. The number of H-pyrrole nitrogens is 4. The Balaban J connectivity index is 1.43. The molecule has 0 amide bonds. The topological polar surface area (TPSA) is 63.2 Å². The zero-order chi connectivity index (χ0) is 35.2. The minimum atomic E-state index is 0.846. The van der Waals surface area contributed by atoms with Gasteiger partial charge in [-0.15, -0.1) is 6.42 Å². The van der Waals surface area contributed by atoms with E-state index in [2.05, 4.69) is 179 Å². The third-order valence-corrected chi connectivity index (χ3v) is 9.98. The highest BCUT2D eigenvalue weighted by atomic mass is 14.8. The number of hydrogen-bond donors (Lipinski definition) is 4. The fraction of sp³-hybridized carbons (Fsp3) is 0.0417. The zero-order valence-corrected chi connectivity index (χ0v) is 29.0. The smallest absolute Gasteiger partial charge is 0.0485 e. The van der Waals surface area contributed by atoms with Crippen LogP contribution in [0.1, 0.15) is 61.7 Å². The maximum absolute atomic E-state index is 5.76. The first-order valence-electron chi connectivity index (χ1n) is 17.6. The predicted molar refractivity (Wildman–Crippen MR) is 211 cm³/mol. The van der Waals surface area contributed by atoms with Crippen molar-refractivity contribution in [1.82, 2.24) is 19.9 Å². The van der Waals surface area contributed by atoms with Crippen molar-refractivity contribution in [3.8, 4) is 12.3 Å². The second-order valence-corrected chi connectivity index (χ2v) is 13.5. The van der Waals surface area contributed by atoms with Gasteiger partial charge in [-0.25, -0.2) is 0 Å². The summed E-state index contributed by atoms with van der Waals surface area (Å²) in [5.74, 6) is 2.77. The monoisotopic (exact) mass is 668 g/mol. The molecule has 0 saturated heterocycles. The Bertz CT molecular complexity index is 2880. The van der Waals surface area contributed by atoms with Gasteiger partial charge in [0.1, 0.15) is 0 Å². The van der Waals surface area contributed by atoms with Crippen molar-refractivity contribution in [2.24, 2.45) is 0 Å². The van der Waals surface area contributed by atoms with Crippen LogP contribution in [0.25, 0.3) is 22.3 Å². The molecule has 4 nitrogen and oxygen atoms in total. The number of terminal acetylenes is 1. The second-order valence-electron chi connectivity index (χ2n) is 13.5. The maximum Gasteiger partial charge on any atom is 0.0485 e. The molecule has 52 heavy (non-hydrogen) atoms.